The lowest BCUT2D eigenvalue weighted by molar-refractivity contribution is 0.630. The Labute approximate surface area is 110 Å². The molecule has 0 fully saturated rings. The molecule has 6 heteroatoms. The molecule has 1 aromatic heterocycles. The predicted molar refractivity (Wildman–Crippen MR) is 65.1 cm³/mol. The van der Waals surface area contributed by atoms with Crippen LogP contribution in [0.15, 0.2) is 28.7 Å². The van der Waals surface area contributed by atoms with Crippen LogP contribution < -0.4 is 0 Å². The molecule has 2 nitrogen and oxygen atoms in total. The molecule has 0 saturated heterocycles. The smallest absolute Gasteiger partial charge is 0.218 e. The molecule has 0 aliphatic heterocycles. The highest BCUT2D eigenvalue weighted by atomic mass is 79.9. The number of benzene rings is 1. The molecule has 0 atom stereocenters. The van der Waals surface area contributed by atoms with E-state index in [1.54, 1.807) is 12.1 Å². The summed E-state index contributed by atoms with van der Waals surface area (Å²) in [5.74, 6) is -0.403. The first-order valence-corrected chi connectivity index (χ1v) is 5.76. The minimum atomic E-state index is -0.403. The van der Waals surface area contributed by atoms with E-state index in [0.29, 0.717) is 15.7 Å². The zero-order chi connectivity index (χ0) is 11.7. The van der Waals surface area contributed by atoms with Crippen LogP contribution in [0.25, 0.3) is 11.3 Å². The molecule has 0 radical (unpaired) electrons. The van der Waals surface area contributed by atoms with Crippen LogP contribution in [0, 0.1) is 5.82 Å². The molecule has 2 rings (SSSR count). The van der Waals surface area contributed by atoms with Crippen LogP contribution >= 0.6 is 39.1 Å². The van der Waals surface area contributed by atoms with Gasteiger partial charge in [0, 0.05) is 16.1 Å². The van der Waals surface area contributed by atoms with E-state index < -0.39 is 5.82 Å². The average Bonchev–Trinajstić information content (AvgIpc) is 2.15. The molecule has 0 unspecified atom stereocenters. The summed E-state index contributed by atoms with van der Waals surface area (Å²) in [6.45, 7) is 0. The molecule has 0 aliphatic rings. The van der Waals surface area contributed by atoms with E-state index >= 15 is 0 Å². The minimum absolute atomic E-state index is 0.00943. The highest BCUT2D eigenvalue weighted by Crippen LogP contribution is 2.26. The zero-order valence-corrected chi connectivity index (χ0v) is 10.8. The van der Waals surface area contributed by atoms with Crippen molar-refractivity contribution in [1.82, 2.24) is 9.97 Å². The quantitative estimate of drug-likeness (QED) is 0.576. The first kappa shape index (κ1) is 11.8. The highest BCUT2D eigenvalue weighted by molar-refractivity contribution is 9.10. The lowest BCUT2D eigenvalue weighted by Crippen LogP contribution is -1.91. The second-order valence-corrected chi connectivity index (χ2v) is 4.61. The molecule has 0 N–H and O–H groups in total. The minimum Gasteiger partial charge on any atom is -0.218 e. The summed E-state index contributed by atoms with van der Waals surface area (Å²) in [5.41, 5.74) is 0.685. The molecule has 2 aromatic rings. The summed E-state index contributed by atoms with van der Waals surface area (Å²) >= 11 is 14.5. The number of rotatable bonds is 1. The van der Waals surface area contributed by atoms with Crippen molar-refractivity contribution in [1.29, 1.82) is 0 Å². The van der Waals surface area contributed by atoms with Crippen LogP contribution in [0.3, 0.4) is 0 Å². The van der Waals surface area contributed by atoms with Gasteiger partial charge in [0.1, 0.15) is 11.0 Å². The first-order chi connectivity index (χ1) is 7.56. The van der Waals surface area contributed by atoms with Gasteiger partial charge in [0.25, 0.3) is 0 Å². The first-order valence-electron chi connectivity index (χ1n) is 4.22. The van der Waals surface area contributed by atoms with Gasteiger partial charge >= 0.3 is 0 Å². The number of halogens is 4. The lowest BCUT2D eigenvalue weighted by atomic mass is 10.1. The summed E-state index contributed by atoms with van der Waals surface area (Å²) in [6.07, 6.45) is 0. The van der Waals surface area contributed by atoms with Crippen molar-refractivity contribution in [2.75, 3.05) is 0 Å². The van der Waals surface area contributed by atoms with Gasteiger partial charge in [-0.3, -0.25) is 0 Å². The van der Waals surface area contributed by atoms with Gasteiger partial charge in [-0.25, -0.2) is 14.4 Å². The lowest BCUT2D eigenvalue weighted by Gasteiger charge is -2.03. The standard InChI is InChI=1S/C10H4BrCl2FN2/c11-5-1-2-6(7(14)3-5)8-4-9(12)16-10(13)15-8/h1-4H. The van der Waals surface area contributed by atoms with Crippen LogP contribution in [0.5, 0.6) is 0 Å². The summed E-state index contributed by atoms with van der Waals surface area (Å²) in [4.78, 5) is 7.60. The Morgan fingerprint density at radius 1 is 1.12 bits per heavy atom. The molecule has 0 aliphatic carbocycles. The molecule has 0 saturated carbocycles. The Hall–Kier alpha value is -0.710. The SMILES string of the molecule is Fc1cc(Br)ccc1-c1cc(Cl)nc(Cl)n1. The second kappa shape index (κ2) is 4.65. The van der Waals surface area contributed by atoms with Crippen LogP contribution in [0.4, 0.5) is 4.39 Å². The normalized spacial score (nSPS) is 10.5. The molecule has 16 heavy (non-hydrogen) atoms. The van der Waals surface area contributed by atoms with Gasteiger partial charge in [-0.1, -0.05) is 27.5 Å². The largest absolute Gasteiger partial charge is 0.224 e. The fourth-order valence-electron chi connectivity index (χ4n) is 1.23. The maximum Gasteiger partial charge on any atom is 0.224 e. The number of aromatic nitrogens is 2. The number of hydrogen-bond donors (Lipinski definition) is 0. The summed E-state index contributed by atoms with van der Waals surface area (Å²) in [7, 11) is 0. The maximum absolute atomic E-state index is 13.6. The van der Waals surface area contributed by atoms with Crippen molar-refractivity contribution in [2.45, 2.75) is 0 Å². The van der Waals surface area contributed by atoms with Gasteiger partial charge in [-0.15, -0.1) is 0 Å². The molecule has 82 valence electrons. The topological polar surface area (TPSA) is 25.8 Å². The molecule has 0 bridgehead atoms. The fourth-order valence-corrected chi connectivity index (χ4v) is 1.97. The van der Waals surface area contributed by atoms with E-state index in [1.807, 2.05) is 0 Å². The number of nitrogens with zero attached hydrogens (tertiary/aromatic N) is 2. The molecular weight excluding hydrogens is 318 g/mol. The van der Waals surface area contributed by atoms with Crippen LogP contribution in [0.1, 0.15) is 0 Å². The van der Waals surface area contributed by atoms with Gasteiger partial charge in [-0.2, -0.15) is 0 Å². The third-order valence-corrected chi connectivity index (χ3v) is 2.73. The van der Waals surface area contributed by atoms with Crippen molar-refractivity contribution in [2.24, 2.45) is 0 Å². The molecule has 0 spiro atoms. The summed E-state index contributed by atoms with van der Waals surface area (Å²) in [5, 5.41) is 0.169. The van der Waals surface area contributed by atoms with Crippen molar-refractivity contribution in [3.63, 3.8) is 0 Å². The predicted octanol–water partition coefficient (Wildman–Crippen LogP) is 4.35. The van der Waals surface area contributed by atoms with E-state index in [0.717, 1.165) is 0 Å². The Kier molecular flexibility index (Phi) is 3.42. The van der Waals surface area contributed by atoms with Gasteiger partial charge in [0.05, 0.1) is 5.69 Å². The van der Waals surface area contributed by atoms with E-state index in [4.69, 9.17) is 23.2 Å². The van der Waals surface area contributed by atoms with E-state index in [9.17, 15) is 4.39 Å². The third kappa shape index (κ3) is 2.51. The Morgan fingerprint density at radius 3 is 2.50 bits per heavy atom. The monoisotopic (exact) mass is 320 g/mol. The van der Waals surface area contributed by atoms with Crippen molar-refractivity contribution < 1.29 is 4.39 Å². The van der Waals surface area contributed by atoms with Gasteiger partial charge in [0.2, 0.25) is 5.28 Å². The van der Waals surface area contributed by atoms with E-state index in [-0.39, 0.29) is 10.4 Å². The molecule has 0 amide bonds. The Morgan fingerprint density at radius 2 is 1.88 bits per heavy atom. The Bertz CT molecular complexity index is 528. The fraction of sp³-hybridized carbons (Fsp3) is 0. The summed E-state index contributed by atoms with van der Waals surface area (Å²) in [6, 6.07) is 6.11. The van der Waals surface area contributed by atoms with Crippen molar-refractivity contribution in [3.8, 4) is 11.3 Å². The van der Waals surface area contributed by atoms with Gasteiger partial charge < -0.3 is 0 Å². The highest BCUT2D eigenvalue weighted by Gasteiger charge is 2.09. The molecule has 1 aromatic carbocycles. The number of hydrogen-bond acceptors (Lipinski definition) is 2. The third-order valence-electron chi connectivity index (χ3n) is 1.87. The van der Waals surface area contributed by atoms with E-state index in [1.165, 1.54) is 12.1 Å². The maximum atomic E-state index is 13.6. The van der Waals surface area contributed by atoms with Crippen LogP contribution in [-0.2, 0) is 0 Å². The van der Waals surface area contributed by atoms with Crippen LogP contribution in [-0.4, -0.2) is 9.97 Å². The van der Waals surface area contributed by atoms with E-state index in [2.05, 4.69) is 25.9 Å². The zero-order valence-electron chi connectivity index (χ0n) is 7.72. The molecular formula is C10H4BrCl2FN2. The second-order valence-electron chi connectivity index (χ2n) is 2.97. The van der Waals surface area contributed by atoms with Gasteiger partial charge in [-0.05, 0) is 29.8 Å². The van der Waals surface area contributed by atoms with Crippen LogP contribution in [0.2, 0.25) is 10.4 Å². The van der Waals surface area contributed by atoms with Crippen molar-refractivity contribution >= 4 is 39.1 Å². The Balaban J connectivity index is 2.58. The van der Waals surface area contributed by atoms with Crippen molar-refractivity contribution in [3.05, 3.63) is 45.0 Å². The molecule has 1 heterocycles. The average molecular weight is 322 g/mol. The van der Waals surface area contributed by atoms with Gasteiger partial charge in [0.15, 0.2) is 0 Å². The summed E-state index contributed by atoms with van der Waals surface area (Å²) < 4.78 is 14.3.